The van der Waals surface area contributed by atoms with Crippen LogP contribution in [0.25, 0.3) is 0 Å². The molecule has 1 aromatic rings. The van der Waals surface area contributed by atoms with Crippen LogP contribution in [0.4, 0.5) is 10.1 Å². The monoisotopic (exact) mass is 302 g/mol. The summed E-state index contributed by atoms with van der Waals surface area (Å²) < 4.78 is 13.9. The Labute approximate surface area is 107 Å². The number of nitrogens with one attached hydrogen (secondary N) is 1. The van der Waals surface area contributed by atoms with Crippen LogP contribution in [0.3, 0.4) is 0 Å². The molecular weight excluding hydrogens is 291 g/mol. The molecule has 1 aliphatic heterocycles. The number of aliphatic imine (C=N–C) groups is 1. The van der Waals surface area contributed by atoms with Crippen LogP contribution < -0.4 is 5.32 Å². The first kappa shape index (κ1) is 11.9. The largest absolute Gasteiger partial charge is 0.334 e. The zero-order valence-electron chi connectivity index (χ0n) is 8.84. The summed E-state index contributed by atoms with van der Waals surface area (Å²) in [5.74, 6) is 0.806. The maximum absolute atomic E-state index is 13.1. The molecule has 0 radical (unpaired) electrons. The Morgan fingerprint density at radius 1 is 1.56 bits per heavy atom. The summed E-state index contributed by atoms with van der Waals surface area (Å²) in [7, 11) is 0. The standard InChI is InChI=1S/C11H12BrFN2S/c1-7-4-5-16-11(14-7)15-10-6-8(13)2-3-9(10)12/h2-3,6-7H,4-5H2,1H3,(H,14,15). The van der Waals surface area contributed by atoms with E-state index in [2.05, 4.69) is 33.2 Å². The molecule has 86 valence electrons. The van der Waals surface area contributed by atoms with Gasteiger partial charge in [0.1, 0.15) is 5.82 Å². The van der Waals surface area contributed by atoms with E-state index >= 15 is 0 Å². The second-order valence-corrected chi connectivity index (χ2v) is 5.61. The number of amidine groups is 1. The van der Waals surface area contributed by atoms with Crippen LogP contribution in [0.15, 0.2) is 27.7 Å². The zero-order chi connectivity index (χ0) is 11.5. The lowest BCUT2D eigenvalue weighted by atomic mass is 10.3. The zero-order valence-corrected chi connectivity index (χ0v) is 11.2. The molecule has 1 aromatic carbocycles. The van der Waals surface area contributed by atoms with E-state index in [1.165, 1.54) is 12.1 Å². The van der Waals surface area contributed by atoms with E-state index in [0.29, 0.717) is 6.04 Å². The van der Waals surface area contributed by atoms with Gasteiger partial charge in [0.2, 0.25) is 0 Å². The maximum Gasteiger partial charge on any atom is 0.161 e. The number of thioether (sulfide) groups is 1. The van der Waals surface area contributed by atoms with Crippen molar-refractivity contribution in [2.24, 2.45) is 4.99 Å². The Bertz CT molecular complexity index is 422. The number of rotatable bonds is 1. The van der Waals surface area contributed by atoms with Gasteiger partial charge in [0.25, 0.3) is 0 Å². The van der Waals surface area contributed by atoms with Crippen molar-refractivity contribution >= 4 is 38.5 Å². The molecule has 0 saturated heterocycles. The summed E-state index contributed by atoms with van der Waals surface area (Å²) in [5.41, 5.74) is 0.723. The molecule has 0 bridgehead atoms. The van der Waals surface area contributed by atoms with E-state index in [0.717, 1.165) is 27.5 Å². The van der Waals surface area contributed by atoms with Gasteiger partial charge >= 0.3 is 0 Å². The minimum Gasteiger partial charge on any atom is -0.334 e. The van der Waals surface area contributed by atoms with Crippen molar-refractivity contribution < 1.29 is 4.39 Å². The van der Waals surface area contributed by atoms with Gasteiger partial charge in [-0.3, -0.25) is 4.99 Å². The maximum atomic E-state index is 13.1. The Kier molecular flexibility index (Phi) is 3.86. The highest BCUT2D eigenvalue weighted by molar-refractivity contribution is 9.10. The van der Waals surface area contributed by atoms with Crippen molar-refractivity contribution in [1.29, 1.82) is 0 Å². The normalized spacial score (nSPS) is 20.4. The molecule has 0 aromatic heterocycles. The predicted octanol–water partition coefficient (Wildman–Crippen LogP) is 3.88. The third kappa shape index (κ3) is 2.98. The highest BCUT2D eigenvalue weighted by Gasteiger charge is 2.12. The van der Waals surface area contributed by atoms with Crippen LogP contribution in [0.5, 0.6) is 0 Å². The number of nitrogens with zero attached hydrogens (tertiary/aromatic N) is 1. The van der Waals surface area contributed by atoms with Gasteiger partial charge < -0.3 is 5.32 Å². The first-order valence-electron chi connectivity index (χ1n) is 5.08. The molecule has 1 atom stereocenters. The highest BCUT2D eigenvalue weighted by atomic mass is 79.9. The minimum absolute atomic E-state index is 0.250. The number of benzene rings is 1. The summed E-state index contributed by atoms with van der Waals surface area (Å²) in [5, 5.41) is 4.01. The van der Waals surface area contributed by atoms with E-state index in [1.807, 2.05) is 0 Å². The van der Waals surface area contributed by atoms with Gasteiger partial charge in [-0.05, 0) is 47.5 Å². The fourth-order valence-electron chi connectivity index (χ4n) is 1.40. The summed E-state index contributed by atoms with van der Waals surface area (Å²) in [6, 6.07) is 4.92. The number of hydrogen-bond acceptors (Lipinski definition) is 3. The van der Waals surface area contributed by atoms with E-state index in [1.54, 1.807) is 17.8 Å². The van der Waals surface area contributed by atoms with Crippen molar-refractivity contribution in [3.8, 4) is 0 Å². The van der Waals surface area contributed by atoms with Crippen LogP contribution in [0, 0.1) is 5.82 Å². The third-order valence-corrected chi connectivity index (χ3v) is 3.89. The average Bonchev–Trinajstić information content (AvgIpc) is 2.24. The van der Waals surface area contributed by atoms with E-state index in [-0.39, 0.29) is 5.82 Å². The lowest BCUT2D eigenvalue weighted by Gasteiger charge is -2.18. The van der Waals surface area contributed by atoms with Crippen molar-refractivity contribution in [2.45, 2.75) is 19.4 Å². The smallest absolute Gasteiger partial charge is 0.161 e. The molecule has 0 amide bonds. The number of anilines is 1. The fraction of sp³-hybridized carbons (Fsp3) is 0.364. The molecule has 5 heteroatoms. The SMILES string of the molecule is CC1CCSC(Nc2cc(F)ccc2Br)=N1. The van der Waals surface area contributed by atoms with Crippen LogP contribution >= 0.6 is 27.7 Å². The van der Waals surface area contributed by atoms with Gasteiger partial charge in [-0.2, -0.15) is 0 Å². The molecule has 2 nitrogen and oxygen atoms in total. The van der Waals surface area contributed by atoms with Crippen molar-refractivity contribution in [1.82, 2.24) is 0 Å². The Morgan fingerprint density at radius 2 is 2.38 bits per heavy atom. The van der Waals surface area contributed by atoms with Gasteiger partial charge in [0.05, 0.1) is 11.7 Å². The molecular formula is C11H12BrFN2S. The topological polar surface area (TPSA) is 24.4 Å². The molecule has 1 aliphatic rings. The highest BCUT2D eigenvalue weighted by Crippen LogP contribution is 2.26. The lowest BCUT2D eigenvalue weighted by Crippen LogP contribution is -2.18. The molecule has 1 N–H and O–H groups in total. The Morgan fingerprint density at radius 3 is 3.12 bits per heavy atom. The fourth-order valence-corrected chi connectivity index (χ4v) is 2.84. The Hall–Kier alpha value is -0.550. The van der Waals surface area contributed by atoms with Crippen molar-refractivity contribution in [3.05, 3.63) is 28.5 Å². The van der Waals surface area contributed by atoms with E-state index in [4.69, 9.17) is 0 Å². The van der Waals surface area contributed by atoms with Crippen molar-refractivity contribution in [2.75, 3.05) is 11.1 Å². The molecule has 0 saturated carbocycles. The average molecular weight is 303 g/mol. The van der Waals surface area contributed by atoms with Gasteiger partial charge in [-0.15, -0.1) is 0 Å². The summed E-state index contributed by atoms with van der Waals surface area (Å²) in [6.45, 7) is 2.09. The molecule has 16 heavy (non-hydrogen) atoms. The second kappa shape index (κ2) is 5.19. The van der Waals surface area contributed by atoms with Crippen LogP contribution in [-0.4, -0.2) is 17.0 Å². The van der Waals surface area contributed by atoms with Gasteiger partial charge in [0, 0.05) is 10.2 Å². The lowest BCUT2D eigenvalue weighted by molar-refractivity contribution is 0.628. The van der Waals surface area contributed by atoms with E-state index < -0.39 is 0 Å². The molecule has 0 aliphatic carbocycles. The minimum atomic E-state index is -0.250. The Balaban J connectivity index is 2.17. The van der Waals surface area contributed by atoms with Crippen LogP contribution in [0.2, 0.25) is 0 Å². The molecule has 1 heterocycles. The molecule has 1 unspecified atom stereocenters. The number of hydrogen-bond donors (Lipinski definition) is 1. The quantitative estimate of drug-likeness (QED) is 0.851. The predicted molar refractivity (Wildman–Crippen MR) is 71.7 cm³/mol. The summed E-state index contributed by atoms with van der Waals surface area (Å²) in [6.07, 6.45) is 1.10. The summed E-state index contributed by atoms with van der Waals surface area (Å²) in [4.78, 5) is 4.47. The van der Waals surface area contributed by atoms with E-state index in [9.17, 15) is 4.39 Å². The van der Waals surface area contributed by atoms with Crippen LogP contribution in [0.1, 0.15) is 13.3 Å². The summed E-state index contributed by atoms with van der Waals surface area (Å²) >= 11 is 5.05. The number of halogens is 2. The molecule has 0 fully saturated rings. The van der Waals surface area contributed by atoms with Gasteiger partial charge in [-0.1, -0.05) is 11.8 Å². The van der Waals surface area contributed by atoms with Crippen LogP contribution in [-0.2, 0) is 0 Å². The van der Waals surface area contributed by atoms with Gasteiger partial charge in [0.15, 0.2) is 5.17 Å². The molecule has 2 rings (SSSR count). The van der Waals surface area contributed by atoms with Crippen molar-refractivity contribution in [3.63, 3.8) is 0 Å². The first-order chi connectivity index (χ1) is 7.65. The third-order valence-electron chi connectivity index (χ3n) is 2.28. The first-order valence-corrected chi connectivity index (χ1v) is 6.85. The molecule has 0 spiro atoms. The second-order valence-electron chi connectivity index (χ2n) is 3.67. The van der Waals surface area contributed by atoms with Gasteiger partial charge in [-0.25, -0.2) is 4.39 Å².